The Hall–Kier alpha value is -2.33. The number of rotatable bonds is 6. The summed E-state index contributed by atoms with van der Waals surface area (Å²) in [6.45, 7) is 0. The quantitative estimate of drug-likeness (QED) is 0.297. The minimum absolute atomic E-state index is 0.0705. The number of benzene rings is 2. The Morgan fingerprint density at radius 3 is 2.29 bits per heavy atom. The molecule has 0 bridgehead atoms. The second kappa shape index (κ2) is 7.97. The van der Waals surface area contributed by atoms with Crippen LogP contribution in [0.4, 0.5) is 17.1 Å². The monoisotopic (exact) mass is 456 g/mol. The lowest BCUT2D eigenvalue weighted by Crippen LogP contribution is -2.07. The van der Waals surface area contributed by atoms with Gasteiger partial charge in [0, 0.05) is 15.9 Å². The molecule has 0 heterocycles. The SMILES string of the molecule is O=[N+]([O-])c1ccc(N/N=C(\CBr)c2ccc(Br)cc2)c([N+](=O)[O-])c1. The van der Waals surface area contributed by atoms with Gasteiger partial charge < -0.3 is 0 Å². The number of hydrogen-bond donors (Lipinski definition) is 1. The van der Waals surface area contributed by atoms with Gasteiger partial charge in [-0.1, -0.05) is 44.0 Å². The highest BCUT2D eigenvalue weighted by molar-refractivity contribution is 9.10. The summed E-state index contributed by atoms with van der Waals surface area (Å²) in [7, 11) is 0. The van der Waals surface area contributed by atoms with Gasteiger partial charge in [-0.3, -0.25) is 25.7 Å². The first-order chi connectivity index (χ1) is 11.4. The van der Waals surface area contributed by atoms with Crippen molar-refractivity contribution in [3.05, 3.63) is 72.7 Å². The number of nitrogens with one attached hydrogen (secondary N) is 1. The van der Waals surface area contributed by atoms with Gasteiger partial charge in [-0.05, 0) is 23.8 Å². The van der Waals surface area contributed by atoms with Crippen LogP contribution in [0.1, 0.15) is 5.56 Å². The summed E-state index contributed by atoms with van der Waals surface area (Å²) in [6, 6.07) is 10.7. The zero-order chi connectivity index (χ0) is 17.7. The number of non-ortho nitro benzene ring substituents is 1. The van der Waals surface area contributed by atoms with Crippen LogP contribution < -0.4 is 5.43 Å². The maximum atomic E-state index is 11.1. The summed E-state index contributed by atoms with van der Waals surface area (Å²) in [4.78, 5) is 20.5. The molecule has 0 radical (unpaired) electrons. The van der Waals surface area contributed by atoms with Crippen LogP contribution in [0.5, 0.6) is 0 Å². The minimum atomic E-state index is -0.696. The van der Waals surface area contributed by atoms with Gasteiger partial charge in [-0.2, -0.15) is 5.10 Å². The largest absolute Gasteiger partial charge is 0.301 e. The van der Waals surface area contributed by atoms with E-state index in [0.717, 1.165) is 16.1 Å². The third kappa shape index (κ3) is 4.36. The van der Waals surface area contributed by atoms with Crippen molar-refractivity contribution in [2.75, 3.05) is 10.8 Å². The Labute approximate surface area is 153 Å². The standard InChI is InChI=1S/C14H10Br2N4O4/c15-8-13(9-1-3-10(16)4-2-9)18-17-12-6-5-11(19(21)22)7-14(12)20(23)24/h1-7,17H,8H2/b18-13+. The van der Waals surface area contributed by atoms with Crippen LogP contribution in [0, 0.1) is 20.2 Å². The van der Waals surface area contributed by atoms with Crippen molar-refractivity contribution in [2.24, 2.45) is 5.10 Å². The average Bonchev–Trinajstić information content (AvgIpc) is 2.56. The van der Waals surface area contributed by atoms with E-state index in [0.29, 0.717) is 11.0 Å². The molecule has 8 nitrogen and oxygen atoms in total. The van der Waals surface area contributed by atoms with E-state index in [2.05, 4.69) is 42.4 Å². The number of hydrazone groups is 1. The summed E-state index contributed by atoms with van der Waals surface area (Å²) in [5.74, 6) is 0. The van der Waals surface area contributed by atoms with Gasteiger partial charge in [-0.25, -0.2) is 0 Å². The van der Waals surface area contributed by atoms with E-state index in [1.165, 1.54) is 12.1 Å². The van der Waals surface area contributed by atoms with Crippen LogP contribution >= 0.6 is 31.9 Å². The van der Waals surface area contributed by atoms with Crippen LogP contribution in [0.3, 0.4) is 0 Å². The molecule has 10 heteroatoms. The fourth-order valence-corrected chi connectivity index (χ4v) is 2.53. The second-order valence-electron chi connectivity index (χ2n) is 4.53. The molecule has 0 aliphatic heterocycles. The van der Waals surface area contributed by atoms with E-state index in [4.69, 9.17) is 0 Å². The highest BCUT2D eigenvalue weighted by Crippen LogP contribution is 2.29. The molecule has 24 heavy (non-hydrogen) atoms. The summed E-state index contributed by atoms with van der Waals surface area (Å²) in [5, 5.41) is 26.4. The summed E-state index contributed by atoms with van der Waals surface area (Å²) < 4.78 is 0.916. The molecule has 2 aromatic rings. The molecule has 0 aromatic heterocycles. The molecular weight excluding hydrogens is 448 g/mol. The van der Waals surface area contributed by atoms with Crippen molar-refractivity contribution in [1.29, 1.82) is 0 Å². The van der Waals surface area contributed by atoms with Gasteiger partial charge in [0.05, 0.1) is 21.6 Å². The fourth-order valence-electron chi connectivity index (χ4n) is 1.82. The lowest BCUT2D eigenvalue weighted by atomic mass is 10.1. The zero-order valence-electron chi connectivity index (χ0n) is 12.0. The molecular formula is C14H10Br2N4O4. The Morgan fingerprint density at radius 2 is 1.75 bits per heavy atom. The molecule has 0 spiro atoms. The summed E-state index contributed by atoms with van der Waals surface area (Å²) in [5.41, 5.74) is 3.35. The van der Waals surface area contributed by atoms with E-state index in [9.17, 15) is 20.2 Å². The first kappa shape index (κ1) is 18.0. The summed E-state index contributed by atoms with van der Waals surface area (Å²) >= 11 is 6.66. The van der Waals surface area contributed by atoms with E-state index >= 15 is 0 Å². The van der Waals surface area contributed by atoms with Gasteiger partial charge in [0.25, 0.3) is 5.69 Å². The smallest absolute Gasteiger partial charge is 0.271 e. The van der Waals surface area contributed by atoms with E-state index in [-0.39, 0.29) is 11.4 Å². The van der Waals surface area contributed by atoms with E-state index in [1.807, 2.05) is 24.3 Å². The number of nitrogens with zero attached hydrogens (tertiary/aromatic N) is 3. The van der Waals surface area contributed by atoms with Crippen molar-refractivity contribution in [1.82, 2.24) is 0 Å². The Bertz CT molecular complexity index is 809. The molecule has 1 N–H and O–H groups in total. The molecule has 0 amide bonds. The molecule has 0 atom stereocenters. The van der Waals surface area contributed by atoms with Crippen LogP contribution in [-0.2, 0) is 0 Å². The fraction of sp³-hybridized carbons (Fsp3) is 0.0714. The molecule has 0 saturated heterocycles. The van der Waals surface area contributed by atoms with Crippen molar-refractivity contribution >= 4 is 54.6 Å². The molecule has 0 fully saturated rings. The third-order valence-corrected chi connectivity index (χ3v) is 4.06. The van der Waals surface area contributed by atoms with Gasteiger partial charge in [0.15, 0.2) is 0 Å². The van der Waals surface area contributed by atoms with Gasteiger partial charge >= 0.3 is 5.69 Å². The van der Waals surface area contributed by atoms with E-state index < -0.39 is 15.5 Å². The lowest BCUT2D eigenvalue weighted by Gasteiger charge is -2.06. The number of anilines is 1. The Morgan fingerprint density at radius 1 is 1.08 bits per heavy atom. The van der Waals surface area contributed by atoms with Crippen LogP contribution in [0.15, 0.2) is 52.0 Å². The zero-order valence-corrected chi connectivity index (χ0v) is 15.2. The number of halogens is 2. The second-order valence-corrected chi connectivity index (χ2v) is 6.00. The van der Waals surface area contributed by atoms with Crippen LogP contribution in [0.25, 0.3) is 0 Å². The maximum absolute atomic E-state index is 11.1. The Kier molecular flexibility index (Phi) is 5.99. The molecule has 0 aliphatic rings. The number of alkyl halides is 1. The normalized spacial score (nSPS) is 11.2. The van der Waals surface area contributed by atoms with Gasteiger partial charge in [-0.15, -0.1) is 0 Å². The number of nitro benzene ring substituents is 2. The highest BCUT2D eigenvalue weighted by atomic mass is 79.9. The van der Waals surface area contributed by atoms with Crippen molar-refractivity contribution in [2.45, 2.75) is 0 Å². The molecule has 2 rings (SSSR count). The molecule has 0 unspecified atom stereocenters. The van der Waals surface area contributed by atoms with Crippen molar-refractivity contribution in [3.63, 3.8) is 0 Å². The molecule has 2 aromatic carbocycles. The van der Waals surface area contributed by atoms with Crippen molar-refractivity contribution < 1.29 is 9.85 Å². The highest BCUT2D eigenvalue weighted by Gasteiger charge is 2.19. The predicted octanol–water partition coefficient (Wildman–Crippen LogP) is 4.48. The van der Waals surface area contributed by atoms with Crippen molar-refractivity contribution in [3.8, 4) is 0 Å². The molecule has 0 saturated carbocycles. The predicted molar refractivity (Wildman–Crippen MR) is 97.8 cm³/mol. The topological polar surface area (TPSA) is 111 Å². The van der Waals surface area contributed by atoms with Gasteiger partial charge in [0.1, 0.15) is 5.69 Å². The summed E-state index contributed by atoms with van der Waals surface area (Å²) in [6.07, 6.45) is 0. The number of hydrogen-bond acceptors (Lipinski definition) is 6. The van der Waals surface area contributed by atoms with E-state index in [1.54, 1.807) is 0 Å². The third-order valence-electron chi connectivity index (χ3n) is 3.00. The molecule has 124 valence electrons. The first-order valence-electron chi connectivity index (χ1n) is 6.49. The number of nitro groups is 2. The first-order valence-corrected chi connectivity index (χ1v) is 8.41. The van der Waals surface area contributed by atoms with Crippen LogP contribution in [-0.4, -0.2) is 20.9 Å². The van der Waals surface area contributed by atoms with Crippen LogP contribution in [0.2, 0.25) is 0 Å². The average molecular weight is 458 g/mol. The lowest BCUT2D eigenvalue weighted by molar-refractivity contribution is -0.393. The van der Waals surface area contributed by atoms with Gasteiger partial charge in [0.2, 0.25) is 0 Å². The Balaban J connectivity index is 2.33. The maximum Gasteiger partial charge on any atom is 0.301 e. The minimum Gasteiger partial charge on any atom is -0.271 e. The molecule has 0 aliphatic carbocycles.